The molecule has 2 aromatic heterocycles. The Labute approximate surface area is 135 Å². The van der Waals surface area contributed by atoms with Crippen LogP contribution in [0.1, 0.15) is 31.0 Å². The topological polar surface area (TPSA) is 50.3 Å². The molecule has 3 heterocycles. The van der Waals surface area contributed by atoms with Crippen molar-refractivity contribution >= 4 is 22.3 Å². The summed E-state index contributed by atoms with van der Waals surface area (Å²) in [5.41, 5.74) is 1.17. The molecule has 0 radical (unpaired) electrons. The molecule has 0 bridgehead atoms. The lowest BCUT2D eigenvalue weighted by atomic mass is 10.00. The first-order valence-corrected chi connectivity index (χ1v) is 8.61. The van der Waals surface area contributed by atoms with E-state index in [0.29, 0.717) is 6.04 Å². The van der Waals surface area contributed by atoms with E-state index < -0.39 is 0 Å². The Morgan fingerprint density at radius 1 is 1.41 bits per heavy atom. The third-order valence-electron chi connectivity index (χ3n) is 3.96. The third-order valence-corrected chi connectivity index (χ3v) is 4.74. The van der Waals surface area contributed by atoms with Crippen LogP contribution in [0.15, 0.2) is 29.8 Å². The summed E-state index contributed by atoms with van der Waals surface area (Å²) in [7, 11) is 1.76. The zero-order valence-electron chi connectivity index (χ0n) is 12.9. The lowest BCUT2D eigenvalue weighted by Gasteiger charge is -2.34. The predicted octanol–water partition coefficient (Wildman–Crippen LogP) is 3.46. The van der Waals surface area contributed by atoms with Gasteiger partial charge in [-0.15, -0.1) is 11.3 Å². The Morgan fingerprint density at radius 3 is 3.18 bits per heavy atom. The van der Waals surface area contributed by atoms with Crippen LogP contribution in [0, 0.1) is 0 Å². The lowest BCUT2D eigenvalue weighted by molar-refractivity contribution is 0.0946. The van der Waals surface area contributed by atoms with Gasteiger partial charge in [0.15, 0.2) is 5.13 Å². The monoisotopic (exact) mass is 318 g/mol. The van der Waals surface area contributed by atoms with Crippen molar-refractivity contribution in [2.75, 3.05) is 32.1 Å². The molecule has 1 aliphatic rings. The first kappa shape index (κ1) is 15.4. The van der Waals surface area contributed by atoms with Crippen molar-refractivity contribution < 1.29 is 4.74 Å². The second kappa shape index (κ2) is 7.67. The summed E-state index contributed by atoms with van der Waals surface area (Å²) in [6, 6.07) is 6.25. The van der Waals surface area contributed by atoms with E-state index in [1.165, 1.54) is 25.0 Å². The molecule has 0 aromatic carbocycles. The maximum Gasteiger partial charge on any atom is 0.188 e. The SMILES string of the molecule is COCCN1CCCC[C@H]1c1csc(Nc2ccccn2)n1. The molecule has 1 saturated heterocycles. The van der Waals surface area contributed by atoms with Gasteiger partial charge in [0.1, 0.15) is 5.82 Å². The van der Waals surface area contributed by atoms with E-state index in [2.05, 4.69) is 20.6 Å². The molecule has 5 nitrogen and oxygen atoms in total. The summed E-state index contributed by atoms with van der Waals surface area (Å²) in [5.74, 6) is 0.836. The third kappa shape index (κ3) is 3.82. The van der Waals surface area contributed by atoms with E-state index in [1.54, 1.807) is 24.6 Å². The van der Waals surface area contributed by atoms with Gasteiger partial charge >= 0.3 is 0 Å². The molecule has 0 spiro atoms. The average Bonchev–Trinajstić information content (AvgIpc) is 3.02. The molecule has 0 saturated carbocycles. The van der Waals surface area contributed by atoms with Crippen LogP contribution < -0.4 is 5.32 Å². The molecule has 6 heteroatoms. The van der Waals surface area contributed by atoms with Crippen LogP contribution in [0.25, 0.3) is 0 Å². The minimum Gasteiger partial charge on any atom is -0.383 e. The number of ether oxygens (including phenoxy) is 1. The standard InChI is InChI=1S/C16H22N4OS/c1-21-11-10-20-9-5-3-6-14(20)13-12-22-16(18-13)19-15-7-2-4-8-17-15/h2,4,7-8,12,14H,3,5-6,9-11H2,1H3,(H,17,18,19)/t14-/m0/s1. The van der Waals surface area contributed by atoms with Crippen LogP contribution >= 0.6 is 11.3 Å². The second-order valence-corrected chi connectivity index (χ2v) is 6.32. The molecular weight excluding hydrogens is 296 g/mol. The number of hydrogen-bond acceptors (Lipinski definition) is 6. The molecule has 118 valence electrons. The van der Waals surface area contributed by atoms with Crippen LogP contribution in [-0.2, 0) is 4.74 Å². The Hall–Kier alpha value is -1.50. The van der Waals surface area contributed by atoms with Crippen molar-refractivity contribution in [2.45, 2.75) is 25.3 Å². The fourth-order valence-corrected chi connectivity index (χ4v) is 3.61. The maximum absolute atomic E-state index is 5.23. The maximum atomic E-state index is 5.23. The highest BCUT2D eigenvalue weighted by Crippen LogP contribution is 2.33. The summed E-state index contributed by atoms with van der Waals surface area (Å²) < 4.78 is 5.23. The number of pyridine rings is 1. The van der Waals surface area contributed by atoms with Crippen LogP contribution in [0.5, 0.6) is 0 Å². The first-order chi connectivity index (χ1) is 10.9. The van der Waals surface area contributed by atoms with Gasteiger partial charge < -0.3 is 10.1 Å². The molecule has 0 amide bonds. The predicted molar refractivity (Wildman–Crippen MR) is 89.7 cm³/mol. The van der Waals surface area contributed by atoms with E-state index >= 15 is 0 Å². The van der Waals surface area contributed by atoms with Gasteiger partial charge in [0.05, 0.1) is 18.3 Å². The van der Waals surface area contributed by atoms with Crippen molar-refractivity contribution in [3.63, 3.8) is 0 Å². The minimum absolute atomic E-state index is 0.416. The van der Waals surface area contributed by atoms with Crippen LogP contribution in [0.3, 0.4) is 0 Å². The molecule has 1 fully saturated rings. The van der Waals surface area contributed by atoms with Crippen molar-refractivity contribution in [1.82, 2.24) is 14.9 Å². The highest BCUT2D eigenvalue weighted by atomic mass is 32.1. The molecule has 1 aliphatic heterocycles. The summed E-state index contributed by atoms with van der Waals surface area (Å²) >= 11 is 1.64. The molecule has 1 N–H and O–H groups in total. The van der Waals surface area contributed by atoms with Crippen LogP contribution in [-0.4, -0.2) is 41.7 Å². The number of aromatic nitrogens is 2. The number of thiazole rings is 1. The van der Waals surface area contributed by atoms with Crippen LogP contribution in [0.4, 0.5) is 10.9 Å². The van der Waals surface area contributed by atoms with Gasteiger partial charge in [0.2, 0.25) is 0 Å². The Bertz CT molecular complexity index is 575. The van der Waals surface area contributed by atoms with Gasteiger partial charge in [-0.25, -0.2) is 9.97 Å². The zero-order chi connectivity index (χ0) is 15.2. The quantitative estimate of drug-likeness (QED) is 0.884. The normalized spacial score (nSPS) is 19.2. The van der Waals surface area contributed by atoms with Gasteiger partial charge in [-0.2, -0.15) is 0 Å². The lowest BCUT2D eigenvalue weighted by Crippen LogP contribution is -2.35. The van der Waals surface area contributed by atoms with Crippen LogP contribution in [0.2, 0.25) is 0 Å². The van der Waals surface area contributed by atoms with Crippen molar-refractivity contribution in [1.29, 1.82) is 0 Å². The number of rotatable bonds is 6. The highest BCUT2D eigenvalue weighted by Gasteiger charge is 2.25. The zero-order valence-corrected chi connectivity index (χ0v) is 13.7. The number of methoxy groups -OCH3 is 1. The van der Waals surface area contributed by atoms with Gasteiger partial charge in [-0.05, 0) is 31.5 Å². The Kier molecular flexibility index (Phi) is 5.37. The number of piperidine rings is 1. The number of nitrogens with one attached hydrogen (secondary N) is 1. The molecular formula is C16H22N4OS. The van der Waals surface area contributed by atoms with Gasteiger partial charge in [0, 0.05) is 25.2 Å². The van der Waals surface area contributed by atoms with Crippen molar-refractivity contribution in [3.05, 3.63) is 35.5 Å². The first-order valence-electron chi connectivity index (χ1n) is 7.73. The Balaban J connectivity index is 1.68. The minimum atomic E-state index is 0.416. The highest BCUT2D eigenvalue weighted by molar-refractivity contribution is 7.13. The number of likely N-dealkylation sites (tertiary alicyclic amines) is 1. The van der Waals surface area contributed by atoms with E-state index in [0.717, 1.165) is 30.6 Å². The summed E-state index contributed by atoms with van der Waals surface area (Å²) in [6.45, 7) is 2.88. The van der Waals surface area contributed by atoms with Gasteiger partial charge in [-0.1, -0.05) is 12.5 Å². The van der Waals surface area contributed by atoms with Crippen molar-refractivity contribution in [3.8, 4) is 0 Å². The summed E-state index contributed by atoms with van der Waals surface area (Å²) in [5, 5.41) is 6.35. The molecule has 0 aliphatic carbocycles. The average molecular weight is 318 g/mol. The largest absolute Gasteiger partial charge is 0.383 e. The number of anilines is 2. The summed E-state index contributed by atoms with van der Waals surface area (Å²) in [6.07, 6.45) is 5.50. The molecule has 2 aromatic rings. The molecule has 0 unspecified atom stereocenters. The van der Waals surface area contributed by atoms with Crippen molar-refractivity contribution in [2.24, 2.45) is 0 Å². The van der Waals surface area contributed by atoms with E-state index in [9.17, 15) is 0 Å². The molecule has 22 heavy (non-hydrogen) atoms. The van der Waals surface area contributed by atoms with E-state index in [4.69, 9.17) is 9.72 Å². The number of hydrogen-bond donors (Lipinski definition) is 1. The van der Waals surface area contributed by atoms with Gasteiger partial charge in [-0.3, -0.25) is 4.90 Å². The smallest absolute Gasteiger partial charge is 0.188 e. The van der Waals surface area contributed by atoms with E-state index in [-0.39, 0.29) is 0 Å². The van der Waals surface area contributed by atoms with E-state index in [1.807, 2.05) is 18.2 Å². The number of nitrogens with zero attached hydrogens (tertiary/aromatic N) is 3. The summed E-state index contributed by atoms with van der Waals surface area (Å²) in [4.78, 5) is 11.5. The fourth-order valence-electron chi connectivity index (χ4n) is 2.84. The Morgan fingerprint density at radius 2 is 2.36 bits per heavy atom. The molecule has 3 rings (SSSR count). The fraction of sp³-hybridized carbons (Fsp3) is 0.500. The second-order valence-electron chi connectivity index (χ2n) is 5.46. The van der Waals surface area contributed by atoms with Gasteiger partial charge in [0.25, 0.3) is 0 Å². The molecule has 1 atom stereocenters.